The van der Waals surface area contributed by atoms with E-state index in [9.17, 15) is 0 Å². The molecule has 2 aromatic carbocycles. The van der Waals surface area contributed by atoms with Gasteiger partial charge in [0.05, 0.1) is 0 Å². The van der Waals surface area contributed by atoms with E-state index in [0.29, 0.717) is 12.0 Å². The molecule has 1 aliphatic heterocycles. The highest BCUT2D eigenvalue weighted by molar-refractivity contribution is 5.61. The molecule has 0 bridgehead atoms. The number of nitrogens with one attached hydrogen (secondary N) is 2. The molecule has 2 heteroatoms. The SMILES string of the molecule is CC(C)C(NCc1cccc2c1NCC2)c1ccccc1. The van der Waals surface area contributed by atoms with Crippen molar-refractivity contribution < 1.29 is 0 Å². The highest BCUT2D eigenvalue weighted by atomic mass is 14.9. The van der Waals surface area contributed by atoms with Crippen molar-refractivity contribution in [2.24, 2.45) is 5.92 Å². The molecule has 0 amide bonds. The van der Waals surface area contributed by atoms with E-state index in [1.165, 1.54) is 22.4 Å². The maximum atomic E-state index is 3.74. The van der Waals surface area contributed by atoms with Crippen LogP contribution in [0.5, 0.6) is 0 Å². The van der Waals surface area contributed by atoms with Crippen LogP contribution in [0.25, 0.3) is 0 Å². The molecule has 1 atom stereocenters. The third-order valence-corrected chi connectivity index (χ3v) is 4.27. The van der Waals surface area contributed by atoms with Crippen LogP contribution in [0.3, 0.4) is 0 Å². The van der Waals surface area contributed by atoms with Gasteiger partial charge in [0.15, 0.2) is 0 Å². The Labute approximate surface area is 127 Å². The minimum Gasteiger partial charge on any atom is -0.384 e. The minimum absolute atomic E-state index is 0.392. The molecule has 3 rings (SSSR count). The highest BCUT2D eigenvalue weighted by Gasteiger charge is 2.17. The standard InChI is InChI=1S/C19H24N2/c1-14(2)18(15-7-4-3-5-8-15)21-13-17-10-6-9-16-11-12-20-19(16)17/h3-10,14,18,20-21H,11-13H2,1-2H3. The molecule has 1 aliphatic rings. The Hall–Kier alpha value is -1.80. The second-order valence-corrected chi connectivity index (χ2v) is 6.14. The Kier molecular flexibility index (Phi) is 4.26. The van der Waals surface area contributed by atoms with Crippen molar-refractivity contribution in [1.29, 1.82) is 0 Å². The molecule has 0 radical (unpaired) electrons. The second-order valence-electron chi connectivity index (χ2n) is 6.14. The lowest BCUT2D eigenvalue weighted by molar-refractivity contribution is 0.411. The van der Waals surface area contributed by atoms with E-state index < -0.39 is 0 Å². The Morgan fingerprint density at radius 3 is 2.62 bits per heavy atom. The van der Waals surface area contributed by atoms with Crippen LogP contribution in [0.1, 0.15) is 36.6 Å². The van der Waals surface area contributed by atoms with Gasteiger partial charge < -0.3 is 10.6 Å². The van der Waals surface area contributed by atoms with Crippen LogP contribution in [0.15, 0.2) is 48.5 Å². The van der Waals surface area contributed by atoms with Crippen molar-refractivity contribution in [3.8, 4) is 0 Å². The van der Waals surface area contributed by atoms with E-state index >= 15 is 0 Å². The van der Waals surface area contributed by atoms with Gasteiger partial charge >= 0.3 is 0 Å². The largest absolute Gasteiger partial charge is 0.384 e. The predicted octanol–water partition coefficient (Wildman–Crippen LogP) is 4.14. The molecule has 0 fully saturated rings. The van der Waals surface area contributed by atoms with Crippen LogP contribution in [-0.2, 0) is 13.0 Å². The molecule has 0 saturated heterocycles. The fourth-order valence-corrected chi connectivity index (χ4v) is 3.18. The molecule has 2 N–H and O–H groups in total. The van der Waals surface area contributed by atoms with E-state index in [2.05, 4.69) is 73.0 Å². The highest BCUT2D eigenvalue weighted by Crippen LogP contribution is 2.28. The normalized spacial score (nSPS) is 14.8. The van der Waals surface area contributed by atoms with E-state index in [0.717, 1.165) is 19.5 Å². The summed E-state index contributed by atoms with van der Waals surface area (Å²) in [6.45, 7) is 6.53. The minimum atomic E-state index is 0.392. The summed E-state index contributed by atoms with van der Waals surface area (Å²) in [5.74, 6) is 0.567. The average molecular weight is 280 g/mol. The maximum absolute atomic E-state index is 3.74. The molecule has 0 aliphatic carbocycles. The van der Waals surface area contributed by atoms with Crippen LogP contribution in [-0.4, -0.2) is 6.54 Å². The molecular formula is C19H24N2. The fourth-order valence-electron chi connectivity index (χ4n) is 3.18. The number of anilines is 1. The maximum Gasteiger partial charge on any atom is 0.0419 e. The van der Waals surface area contributed by atoms with Crippen LogP contribution < -0.4 is 10.6 Å². The Bertz CT molecular complexity index is 590. The topological polar surface area (TPSA) is 24.1 Å². The van der Waals surface area contributed by atoms with Crippen molar-refractivity contribution >= 4 is 5.69 Å². The third kappa shape index (κ3) is 3.11. The summed E-state index contributed by atoms with van der Waals surface area (Å²) in [6.07, 6.45) is 1.15. The Morgan fingerprint density at radius 1 is 1.05 bits per heavy atom. The molecule has 110 valence electrons. The Balaban J connectivity index is 1.75. The van der Waals surface area contributed by atoms with E-state index in [1.807, 2.05) is 0 Å². The van der Waals surface area contributed by atoms with Crippen LogP contribution in [0.2, 0.25) is 0 Å². The van der Waals surface area contributed by atoms with E-state index in [1.54, 1.807) is 0 Å². The zero-order chi connectivity index (χ0) is 14.7. The smallest absolute Gasteiger partial charge is 0.0419 e. The molecule has 2 nitrogen and oxygen atoms in total. The van der Waals surface area contributed by atoms with Crippen molar-refractivity contribution in [3.63, 3.8) is 0 Å². The summed E-state index contributed by atoms with van der Waals surface area (Å²) in [7, 11) is 0. The van der Waals surface area contributed by atoms with E-state index in [4.69, 9.17) is 0 Å². The number of rotatable bonds is 5. The molecular weight excluding hydrogens is 256 g/mol. The van der Waals surface area contributed by atoms with Crippen molar-refractivity contribution in [2.45, 2.75) is 32.9 Å². The van der Waals surface area contributed by atoms with Gasteiger partial charge in [0.25, 0.3) is 0 Å². The van der Waals surface area contributed by atoms with Gasteiger partial charge in [-0.05, 0) is 29.0 Å². The second kappa shape index (κ2) is 6.31. The summed E-state index contributed by atoms with van der Waals surface area (Å²) in [4.78, 5) is 0. The number of benzene rings is 2. The first kappa shape index (κ1) is 14.2. The molecule has 0 saturated carbocycles. The zero-order valence-electron chi connectivity index (χ0n) is 12.9. The Morgan fingerprint density at radius 2 is 1.86 bits per heavy atom. The zero-order valence-corrected chi connectivity index (χ0v) is 12.9. The first-order chi connectivity index (χ1) is 10.3. The van der Waals surface area contributed by atoms with Crippen molar-refractivity contribution in [1.82, 2.24) is 5.32 Å². The van der Waals surface area contributed by atoms with Gasteiger partial charge in [-0.15, -0.1) is 0 Å². The van der Waals surface area contributed by atoms with Crippen LogP contribution >= 0.6 is 0 Å². The molecule has 1 heterocycles. The fraction of sp³-hybridized carbons (Fsp3) is 0.368. The summed E-state index contributed by atoms with van der Waals surface area (Å²) in [5, 5.41) is 7.26. The predicted molar refractivity (Wildman–Crippen MR) is 89.5 cm³/mol. The van der Waals surface area contributed by atoms with Gasteiger partial charge in [-0.2, -0.15) is 0 Å². The van der Waals surface area contributed by atoms with Crippen molar-refractivity contribution in [2.75, 3.05) is 11.9 Å². The quantitative estimate of drug-likeness (QED) is 0.860. The summed E-state index contributed by atoms with van der Waals surface area (Å²) >= 11 is 0. The van der Waals surface area contributed by atoms with Crippen LogP contribution in [0.4, 0.5) is 5.69 Å². The first-order valence-corrected chi connectivity index (χ1v) is 7.88. The lowest BCUT2D eigenvalue weighted by Crippen LogP contribution is -2.25. The molecule has 0 spiro atoms. The van der Waals surface area contributed by atoms with E-state index in [-0.39, 0.29) is 0 Å². The average Bonchev–Trinajstić information content (AvgIpc) is 2.97. The summed E-state index contributed by atoms with van der Waals surface area (Å²) < 4.78 is 0. The monoisotopic (exact) mass is 280 g/mol. The first-order valence-electron chi connectivity index (χ1n) is 7.88. The van der Waals surface area contributed by atoms with Gasteiger partial charge in [-0.25, -0.2) is 0 Å². The summed E-state index contributed by atoms with van der Waals surface area (Å²) in [5.41, 5.74) is 5.55. The van der Waals surface area contributed by atoms with Gasteiger partial charge in [-0.1, -0.05) is 62.4 Å². The lowest BCUT2D eigenvalue weighted by atomic mass is 9.95. The van der Waals surface area contributed by atoms with Crippen molar-refractivity contribution in [3.05, 3.63) is 65.2 Å². The number of hydrogen-bond donors (Lipinski definition) is 2. The molecule has 0 aromatic heterocycles. The van der Waals surface area contributed by atoms with Gasteiger partial charge in [-0.3, -0.25) is 0 Å². The number of hydrogen-bond acceptors (Lipinski definition) is 2. The number of fused-ring (bicyclic) bond motifs is 1. The summed E-state index contributed by atoms with van der Waals surface area (Å²) in [6, 6.07) is 17.8. The third-order valence-electron chi connectivity index (χ3n) is 4.27. The lowest BCUT2D eigenvalue weighted by Gasteiger charge is -2.23. The van der Waals surface area contributed by atoms with Gasteiger partial charge in [0.2, 0.25) is 0 Å². The van der Waals surface area contributed by atoms with Gasteiger partial charge in [0, 0.05) is 24.8 Å². The molecule has 1 unspecified atom stereocenters. The van der Waals surface area contributed by atoms with Gasteiger partial charge in [0.1, 0.15) is 0 Å². The number of para-hydroxylation sites is 1. The molecule has 2 aromatic rings. The molecule has 21 heavy (non-hydrogen) atoms. The van der Waals surface area contributed by atoms with Crippen LogP contribution in [0, 0.1) is 5.92 Å².